The van der Waals surface area contributed by atoms with E-state index in [1.165, 1.54) is 5.57 Å². The Labute approximate surface area is 82.4 Å². The lowest BCUT2D eigenvalue weighted by molar-refractivity contribution is 0.142. The SMILES string of the molecule is C=C(C)C(CCCOCC)NCC. The molecule has 0 heterocycles. The van der Waals surface area contributed by atoms with Gasteiger partial charge in [0.1, 0.15) is 0 Å². The number of rotatable bonds is 8. The Balaban J connectivity index is 3.51. The number of hydrogen-bond acceptors (Lipinski definition) is 2. The van der Waals surface area contributed by atoms with Crippen molar-refractivity contribution >= 4 is 0 Å². The van der Waals surface area contributed by atoms with Gasteiger partial charge >= 0.3 is 0 Å². The summed E-state index contributed by atoms with van der Waals surface area (Å²) in [6, 6.07) is 0.463. The molecule has 0 fully saturated rings. The summed E-state index contributed by atoms with van der Waals surface area (Å²) in [7, 11) is 0. The Morgan fingerprint density at radius 1 is 1.46 bits per heavy atom. The van der Waals surface area contributed by atoms with E-state index in [9.17, 15) is 0 Å². The lowest BCUT2D eigenvalue weighted by atomic mass is 10.1. The van der Waals surface area contributed by atoms with Crippen LogP contribution in [0.2, 0.25) is 0 Å². The van der Waals surface area contributed by atoms with Gasteiger partial charge in [-0.05, 0) is 33.2 Å². The first-order valence-corrected chi connectivity index (χ1v) is 5.18. The minimum Gasteiger partial charge on any atom is -0.382 e. The second-order valence-corrected chi connectivity index (χ2v) is 3.30. The number of likely N-dealkylation sites (N-methyl/N-ethyl adjacent to an activating group) is 1. The van der Waals surface area contributed by atoms with Gasteiger partial charge in [-0.1, -0.05) is 19.1 Å². The summed E-state index contributed by atoms with van der Waals surface area (Å²) in [5, 5.41) is 3.40. The van der Waals surface area contributed by atoms with Crippen molar-refractivity contribution in [2.75, 3.05) is 19.8 Å². The molecule has 13 heavy (non-hydrogen) atoms. The fraction of sp³-hybridized carbons (Fsp3) is 0.818. The minimum absolute atomic E-state index is 0.463. The van der Waals surface area contributed by atoms with E-state index in [1.807, 2.05) is 6.92 Å². The second-order valence-electron chi connectivity index (χ2n) is 3.30. The molecule has 0 saturated carbocycles. The molecule has 1 unspecified atom stereocenters. The van der Waals surface area contributed by atoms with Crippen molar-refractivity contribution in [1.29, 1.82) is 0 Å². The van der Waals surface area contributed by atoms with Crippen LogP contribution in [0.3, 0.4) is 0 Å². The molecule has 0 aliphatic carbocycles. The van der Waals surface area contributed by atoms with Crippen LogP contribution in [0.4, 0.5) is 0 Å². The Bertz CT molecular complexity index is 134. The quantitative estimate of drug-likeness (QED) is 0.463. The molecule has 2 nitrogen and oxygen atoms in total. The number of ether oxygens (including phenoxy) is 1. The van der Waals surface area contributed by atoms with Crippen LogP contribution in [0, 0.1) is 0 Å². The summed E-state index contributed by atoms with van der Waals surface area (Å²) >= 11 is 0. The Morgan fingerprint density at radius 2 is 2.15 bits per heavy atom. The molecule has 78 valence electrons. The van der Waals surface area contributed by atoms with E-state index in [2.05, 4.69) is 25.7 Å². The molecule has 0 saturated heterocycles. The number of hydrogen-bond donors (Lipinski definition) is 1. The third-order valence-electron chi connectivity index (χ3n) is 2.03. The van der Waals surface area contributed by atoms with Crippen molar-refractivity contribution in [2.24, 2.45) is 0 Å². The molecule has 0 aromatic heterocycles. The van der Waals surface area contributed by atoms with E-state index in [1.54, 1.807) is 0 Å². The Morgan fingerprint density at radius 3 is 2.62 bits per heavy atom. The highest BCUT2D eigenvalue weighted by atomic mass is 16.5. The van der Waals surface area contributed by atoms with Gasteiger partial charge in [-0.2, -0.15) is 0 Å². The summed E-state index contributed by atoms with van der Waals surface area (Å²) in [4.78, 5) is 0. The van der Waals surface area contributed by atoms with E-state index >= 15 is 0 Å². The molecule has 0 aromatic rings. The maximum atomic E-state index is 5.28. The van der Waals surface area contributed by atoms with Crippen LogP contribution in [0.25, 0.3) is 0 Å². The average Bonchev–Trinajstić information content (AvgIpc) is 2.10. The lowest BCUT2D eigenvalue weighted by Gasteiger charge is -2.17. The average molecular weight is 185 g/mol. The molecule has 0 rings (SSSR count). The zero-order chi connectivity index (χ0) is 10.1. The summed E-state index contributed by atoms with van der Waals surface area (Å²) in [6.45, 7) is 12.9. The zero-order valence-electron chi connectivity index (χ0n) is 9.23. The molecule has 0 aliphatic rings. The van der Waals surface area contributed by atoms with Crippen molar-refractivity contribution in [3.05, 3.63) is 12.2 Å². The summed E-state index contributed by atoms with van der Waals surface area (Å²) in [5.74, 6) is 0. The molecule has 0 aliphatic heterocycles. The van der Waals surface area contributed by atoms with Gasteiger partial charge < -0.3 is 10.1 Å². The zero-order valence-corrected chi connectivity index (χ0v) is 9.23. The van der Waals surface area contributed by atoms with Crippen molar-refractivity contribution in [3.63, 3.8) is 0 Å². The van der Waals surface area contributed by atoms with Gasteiger partial charge in [-0.25, -0.2) is 0 Å². The van der Waals surface area contributed by atoms with E-state index in [4.69, 9.17) is 4.74 Å². The first kappa shape index (κ1) is 12.7. The van der Waals surface area contributed by atoms with Crippen LogP contribution in [-0.2, 0) is 4.74 Å². The van der Waals surface area contributed by atoms with Gasteiger partial charge in [0.15, 0.2) is 0 Å². The topological polar surface area (TPSA) is 21.3 Å². The van der Waals surface area contributed by atoms with E-state index in [0.29, 0.717) is 6.04 Å². The van der Waals surface area contributed by atoms with Gasteiger partial charge in [-0.3, -0.25) is 0 Å². The molecule has 0 spiro atoms. The molecule has 0 aromatic carbocycles. The summed E-state index contributed by atoms with van der Waals surface area (Å²) < 4.78 is 5.28. The third kappa shape index (κ3) is 6.79. The van der Waals surface area contributed by atoms with Gasteiger partial charge in [0.2, 0.25) is 0 Å². The lowest BCUT2D eigenvalue weighted by Crippen LogP contribution is -2.29. The molecule has 2 heteroatoms. The van der Waals surface area contributed by atoms with Crippen LogP contribution in [0.15, 0.2) is 12.2 Å². The van der Waals surface area contributed by atoms with Gasteiger partial charge in [0.05, 0.1) is 0 Å². The highest BCUT2D eigenvalue weighted by Crippen LogP contribution is 2.06. The van der Waals surface area contributed by atoms with Crippen molar-refractivity contribution in [3.8, 4) is 0 Å². The minimum atomic E-state index is 0.463. The van der Waals surface area contributed by atoms with Crippen LogP contribution < -0.4 is 5.32 Å². The highest BCUT2D eigenvalue weighted by molar-refractivity contribution is 5.00. The van der Waals surface area contributed by atoms with E-state index in [0.717, 1.165) is 32.6 Å². The monoisotopic (exact) mass is 185 g/mol. The summed E-state index contributed by atoms with van der Waals surface area (Å²) in [6.07, 6.45) is 2.24. The largest absolute Gasteiger partial charge is 0.382 e. The Hall–Kier alpha value is -0.340. The first-order chi connectivity index (χ1) is 6.22. The molecule has 0 radical (unpaired) electrons. The second kappa shape index (κ2) is 8.27. The molecule has 1 N–H and O–H groups in total. The van der Waals surface area contributed by atoms with Crippen molar-refractivity contribution < 1.29 is 4.74 Å². The number of nitrogens with one attached hydrogen (secondary N) is 1. The van der Waals surface area contributed by atoms with Gasteiger partial charge in [0, 0.05) is 19.3 Å². The normalized spacial score (nSPS) is 12.8. The van der Waals surface area contributed by atoms with Gasteiger partial charge in [-0.15, -0.1) is 0 Å². The van der Waals surface area contributed by atoms with Gasteiger partial charge in [0.25, 0.3) is 0 Å². The third-order valence-corrected chi connectivity index (χ3v) is 2.03. The van der Waals surface area contributed by atoms with E-state index < -0.39 is 0 Å². The predicted octanol–water partition coefficient (Wildman–Crippen LogP) is 2.36. The molecular formula is C11H23NO. The molecule has 1 atom stereocenters. The highest BCUT2D eigenvalue weighted by Gasteiger charge is 2.06. The van der Waals surface area contributed by atoms with Crippen molar-refractivity contribution in [2.45, 2.75) is 39.7 Å². The van der Waals surface area contributed by atoms with Crippen LogP contribution >= 0.6 is 0 Å². The molecule has 0 bridgehead atoms. The fourth-order valence-corrected chi connectivity index (χ4v) is 1.30. The molecule has 0 amide bonds. The van der Waals surface area contributed by atoms with Crippen LogP contribution in [0.5, 0.6) is 0 Å². The summed E-state index contributed by atoms with van der Waals surface area (Å²) in [5.41, 5.74) is 1.22. The van der Waals surface area contributed by atoms with Crippen LogP contribution in [-0.4, -0.2) is 25.8 Å². The Kier molecular flexibility index (Phi) is 8.05. The smallest absolute Gasteiger partial charge is 0.0466 e. The van der Waals surface area contributed by atoms with E-state index in [-0.39, 0.29) is 0 Å². The maximum Gasteiger partial charge on any atom is 0.0466 e. The first-order valence-electron chi connectivity index (χ1n) is 5.18. The van der Waals surface area contributed by atoms with Crippen molar-refractivity contribution in [1.82, 2.24) is 5.32 Å². The maximum absolute atomic E-state index is 5.28. The predicted molar refractivity (Wildman–Crippen MR) is 58.0 cm³/mol. The van der Waals surface area contributed by atoms with Crippen LogP contribution in [0.1, 0.15) is 33.6 Å². The standard InChI is InChI=1S/C11H23NO/c1-5-12-11(10(3)4)8-7-9-13-6-2/h11-12H,3,5-9H2,1-2,4H3. The fourth-order valence-electron chi connectivity index (χ4n) is 1.30. The molecular weight excluding hydrogens is 162 g/mol.